The Morgan fingerprint density at radius 1 is 1.39 bits per heavy atom. The number of carbonyl (C=O) groups is 1. The highest BCUT2D eigenvalue weighted by molar-refractivity contribution is 14.0. The Morgan fingerprint density at radius 2 is 2.11 bits per heavy atom. The number of guanidine groups is 1. The summed E-state index contributed by atoms with van der Waals surface area (Å²) in [5.41, 5.74) is 0.615. The van der Waals surface area contributed by atoms with Crippen LogP contribution >= 0.6 is 35.3 Å². The van der Waals surface area contributed by atoms with Crippen molar-refractivity contribution in [3.05, 3.63) is 16.1 Å². The number of thiazole rings is 1. The molecule has 0 radical (unpaired) electrons. The average molecular weight is 523 g/mol. The number of aryl methyl sites for hydroxylation is 1. The lowest BCUT2D eigenvalue weighted by Gasteiger charge is -2.27. The molecule has 1 fully saturated rings. The SMILES string of the molecule is CCNC(=NCCc1csc(C)n1)NCCN(C(=O)OC(C)(C)C)C1CC1.I. The smallest absolute Gasteiger partial charge is 0.410 e. The Bertz CT molecular complexity index is 641. The Balaban J connectivity index is 0.00000392. The van der Waals surface area contributed by atoms with Crippen molar-refractivity contribution in [2.75, 3.05) is 26.2 Å². The quantitative estimate of drug-likeness (QED) is 0.310. The van der Waals surface area contributed by atoms with Gasteiger partial charge in [-0.05, 0) is 47.5 Å². The number of halogens is 1. The molecule has 1 saturated carbocycles. The molecule has 0 unspecified atom stereocenters. The first-order chi connectivity index (χ1) is 12.8. The van der Waals surface area contributed by atoms with Gasteiger partial charge in [0.15, 0.2) is 5.96 Å². The van der Waals surface area contributed by atoms with Crippen molar-refractivity contribution in [1.82, 2.24) is 20.5 Å². The number of ether oxygens (including phenoxy) is 1. The van der Waals surface area contributed by atoms with E-state index in [-0.39, 0.29) is 30.1 Å². The van der Waals surface area contributed by atoms with E-state index in [1.807, 2.05) is 39.5 Å². The van der Waals surface area contributed by atoms with E-state index >= 15 is 0 Å². The number of carbonyl (C=O) groups excluding carboxylic acids is 1. The minimum atomic E-state index is -0.470. The molecule has 1 aromatic rings. The highest BCUT2D eigenvalue weighted by Crippen LogP contribution is 2.28. The summed E-state index contributed by atoms with van der Waals surface area (Å²) in [5.74, 6) is 0.768. The molecule has 9 heteroatoms. The first-order valence-electron chi connectivity index (χ1n) is 9.71. The van der Waals surface area contributed by atoms with Crippen molar-refractivity contribution in [2.24, 2.45) is 4.99 Å². The molecular formula is C19H34IN5O2S. The van der Waals surface area contributed by atoms with E-state index in [2.05, 4.69) is 26.0 Å². The molecule has 7 nitrogen and oxygen atoms in total. The van der Waals surface area contributed by atoms with Crippen molar-refractivity contribution >= 4 is 47.4 Å². The van der Waals surface area contributed by atoms with Gasteiger partial charge in [-0.2, -0.15) is 0 Å². The fourth-order valence-electron chi connectivity index (χ4n) is 2.57. The molecule has 1 aromatic heterocycles. The lowest BCUT2D eigenvalue weighted by Crippen LogP contribution is -2.45. The van der Waals surface area contributed by atoms with E-state index in [9.17, 15) is 4.79 Å². The van der Waals surface area contributed by atoms with Gasteiger partial charge in [0, 0.05) is 44.0 Å². The predicted octanol–water partition coefficient (Wildman–Crippen LogP) is 3.57. The normalized spacial score (nSPS) is 14.2. The van der Waals surface area contributed by atoms with Crippen LogP contribution in [0.4, 0.5) is 4.79 Å². The third kappa shape index (κ3) is 9.40. The second kappa shape index (κ2) is 11.8. The van der Waals surface area contributed by atoms with E-state index in [0.29, 0.717) is 25.7 Å². The van der Waals surface area contributed by atoms with Crippen LogP contribution in [0.1, 0.15) is 51.2 Å². The van der Waals surface area contributed by atoms with Crippen LogP contribution in [0.3, 0.4) is 0 Å². The predicted molar refractivity (Wildman–Crippen MR) is 126 cm³/mol. The molecule has 1 aliphatic carbocycles. The number of nitrogens with zero attached hydrogens (tertiary/aromatic N) is 3. The summed E-state index contributed by atoms with van der Waals surface area (Å²) >= 11 is 1.67. The first-order valence-corrected chi connectivity index (χ1v) is 10.6. The topological polar surface area (TPSA) is 78.9 Å². The minimum Gasteiger partial charge on any atom is -0.444 e. The largest absolute Gasteiger partial charge is 0.444 e. The van der Waals surface area contributed by atoms with Crippen LogP contribution in [-0.4, -0.2) is 59.8 Å². The van der Waals surface area contributed by atoms with Crippen LogP contribution in [0, 0.1) is 6.92 Å². The number of aliphatic imine (C=N–C) groups is 1. The molecular weight excluding hydrogens is 489 g/mol. The maximum atomic E-state index is 12.4. The highest BCUT2D eigenvalue weighted by Gasteiger charge is 2.34. The summed E-state index contributed by atoms with van der Waals surface area (Å²) < 4.78 is 5.53. The molecule has 0 aromatic carbocycles. The molecule has 28 heavy (non-hydrogen) atoms. The second-order valence-corrected chi connectivity index (χ2v) is 8.76. The summed E-state index contributed by atoms with van der Waals surface area (Å²) in [7, 11) is 0. The zero-order valence-electron chi connectivity index (χ0n) is 17.6. The van der Waals surface area contributed by atoms with Crippen LogP contribution < -0.4 is 10.6 Å². The summed E-state index contributed by atoms with van der Waals surface area (Å²) in [6, 6.07) is 0.314. The molecule has 0 atom stereocenters. The molecule has 0 bridgehead atoms. The Hall–Kier alpha value is -1.10. The van der Waals surface area contributed by atoms with Crippen LogP contribution in [0.2, 0.25) is 0 Å². The molecule has 0 saturated heterocycles. The maximum absolute atomic E-state index is 12.4. The van der Waals surface area contributed by atoms with Gasteiger partial charge in [-0.25, -0.2) is 9.78 Å². The van der Waals surface area contributed by atoms with E-state index in [1.165, 1.54) is 0 Å². The third-order valence-electron chi connectivity index (χ3n) is 3.91. The Labute approximate surface area is 189 Å². The average Bonchev–Trinajstić information content (AvgIpc) is 3.31. The third-order valence-corrected chi connectivity index (χ3v) is 4.73. The fraction of sp³-hybridized carbons (Fsp3) is 0.737. The van der Waals surface area contributed by atoms with E-state index in [4.69, 9.17) is 4.74 Å². The van der Waals surface area contributed by atoms with E-state index in [1.54, 1.807) is 11.3 Å². The number of aromatic nitrogens is 1. The molecule has 0 spiro atoms. The summed E-state index contributed by atoms with van der Waals surface area (Å²) in [6.07, 6.45) is 2.71. The van der Waals surface area contributed by atoms with Crippen molar-refractivity contribution in [3.8, 4) is 0 Å². The number of amides is 1. The summed E-state index contributed by atoms with van der Waals surface area (Å²) in [5, 5.41) is 9.73. The fourth-order valence-corrected chi connectivity index (χ4v) is 3.22. The van der Waals surface area contributed by atoms with Gasteiger partial charge in [0.25, 0.3) is 0 Å². The van der Waals surface area contributed by atoms with Crippen LogP contribution in [0.25, 0.3) is 0 Å². The minimum absolute atomic E-state index is 0. The number of hydrogen-bond acceptors (Lipinski definition) is 5. The summed E-state index contributed by atoms with van der Waals surface area (Å²) in [4.78, 5) is 23.3. The molecule has 1 aliphatic rings. The van der Waals surface area contributed by atoms with Crippen molar-refractivity contribution in [1.29, 1.82) is 0 Å². The second-order valence-electron chi connectivity index (χ2n) is 7.70. The van der Waals surface area contributed by atoms with Crippen LogP contribution in [0.15, 0.2) is 10.4 Å². The zero-order chi connectivity index (χ0) is 19.9. The van der Waals surface area contributed by atoms with Gasteiger partial charge >= 0.3 is 6.09 Å². The maximum Gasteiger partial charge on any atom is 0.410 e. The van der Waals surface area contributed by atoms with Gasteiger partial charge in [0.2, 0.25) is 0 Å². The molecule has 2 rings (SSSR count). The molecule has 0 aliphatic heterocycles. The van der Waals surface area contributed by atoms with Gasteiger partial charge in [0.05, 0.1) is 10.7 Å². The molecule has 2 N–H and O–H groups in total. The van der Waals surface area contributed by atoms with Gasteiger partial charge in [-0.3, -0.25) is 4.99 Å². The first kappa shape index (κ1) is 24.9. The lowest BCUT2D eigenvalue weighted by molar-refractivity contribution is 0.0238. The van der Waals surface area contributed by atoms with Gasteiger partial charge in [-0.15, -0.1) is 35.3 Å². The van der Waals surface area contributed by atoms with Gasteiger partial charge < -0.3 is 20.3 Å². The monoisotopic (exact) mass is 523 g/mol. The standard InChI is InChI=1S/C19H33N5O2S.HI/c1-6-20-17(21-10-9-15-13-27-14(2)23-15)22-11-12-24(16-7-8-16)18(25)26-19(3,4)5;/h13,16H,6-12H2,1-5H3,(H2,20,21,22);1H. The van der Waals surface area contributed by atoms with Crippen molar-refractivity contribution in [3.63, 3.8) is 0 Å². The Morgan fingerprint density at radius 3 is 2.64 bits per heavy atom. The lowest BCUT2D eigenvalue weighted by atomic mass is 10.2. The van der Waals surface area contributed by atoms with Crippen LogP contribution in [-0.2, 0) is 11.2 Å². The zero-order valence-corrected chi connectivity index (χ0v) is 20.7. The van der Waals surface area contributed by atoms with Crippen molar-refractivity contribution < 1.29 is 9.53 Å². The van der Waals surface area contributed by atoms with Crippen LogP contribution in [0.5, 0.6) is 0 Å². The molecule has 160 valence electrons. The number of hydrogen-bond donors (Lipinski definition) is 2. The number of rotatable bonds is 8. The number of nitrogens with one attached hydrogen (secondary N) is 2. The van der Waals surface area contributed by atoms with Gasteiger partial charge in [-0.1, -0.05) is 0 Å². The summed E-state index contributed by atoms with van der Waals surface area (Å²) in [6.45, 7) is 12.5. The van der Waals surface area contributed by atoms with Crippen molar-refractivity contribution in [2.45, 2.75) is 65.5 Å². The van der Waals surface area contributed by atoms with Gasteiger partial charge in [0.1, 0.15) is 5.60 Å². The van der Waals surface area contributed by atoms with E-state index in [0.717, 1.165) is 42.5 Å². The van der Waals surface area contributed by atoms with E-state index < -0.39 is 5.60 Å². The molecule has 1 heterocycles. The highest BCUT2D eigenvalue weighted by atomic mass is 127. The molecule has 1 amide bonds. The Kier molecular flexibility index (Phi) is 10.5.